The molecular formula is C35H43N3O5. The van der Waals surface area contributed by atoms with E-state index in [1.165, 1.54) is 0 Å². The van der Waals surface area contributed by atoms with Crippen molar-refractivity contribution < 1.29 is 23.8 Å². The number of alkyl carbamates (subject to hydrolysis) is 1. The number of anilines is 1. The fraction of sp³-hybridized carbons (Fsp3) is 0.371. The van der Waals surface area contributed by atoms with Crippen LogP contribution in [-0.4, -0.2) is 62.1 Å². The van der Waals surface area contributed by atoms with E-state index in [1.807, 2.05) is 106 Å². The molecule has 2 amide bonds. The van der Waals surface area contributed by atoms with Crippen LogP contribution in [0.15, 0.2) is 78.9 Å². The first-order chi connectivity index (χ1) is 20.6. The molecule has 2 N–H and O–H groups in total. The Labute approximate surface area is 255 Å². The van der Waals surface area contributed by atoms with Crippen LogP contribution in [0.2, 0.25) is 0 Å². The third kappa shape index (κ3) is 10.8. The lowest BCUT2D eigenvalue weighted by atomic mass is 10.0. The molecule has 0 aliphatic carbocycles. The SMILES string of the molecule is CN1CCC(OC(=O)Nc2cc(C=CCOc3ccc(CCNC(=O)OC(C)(C)C)cc3)ccc2-c2ccccc2)CC1. The van der Waals surface area contributed by atoms with Crippen LogP contribution in [-0.2, 0) is 15.9 Å². The average molecular weight is 586 g/mol. The van der Waals surface area contributed by atoms with Crippen LogP contribution in [0, 0.1) is 0 Å². The second-order valence-electron chi connectivity index (χ2n) is 11.7. The van der Waals surface area contributed by atoms with E-state index in [4.69, 9.17) is 14.2 Å². The van der Waals surface area contributed by atoms with E-state index in [-0.39, 0.29) is 6.10 Å². The second kappa shape index (κ2) is 15.3. The van der Waals surface area contributed by atoms with E-state index < -0.39 is 17.8 Å². The number of nitrogens with zero attached hydrogens (tertiary/aromatic N) is 1. The van der Waals surface area contributed by atoms with E-state index in [2.05, 4.69) is 22.6 Å². The third-order valence-corrected chi connectivity index (χ3v) is 6.97. The molecule has 8 heteroatoms. The number of carbonyl (C=O) groups excluding carboxylic acids is 2. The summed E-state index contributed by atoms with van der Waals surface area (Å²) in [6.45, 7) is 8.25. The Bertz CT molecular complexity index is 1360. The monoisotopic (exact) mass is 585 g/mol. The maximum Gasteiger partial charge on any atom is 0.411 e. The molecule has 1 heterocycles. The van der Waals surface area contributed by atoms with Gasteiger partial charge in [-0.2, -0.15) is 0 Å². The Morgan fingerprint density at radius 1 is 0.953 bits per heavy atom. The quantitative estimate of drug-likeness (QED) is 0.263. The first-order valence-electron chi connectivity index (χ1n) is 14.9. The lowest BCUT2D eigenvalue weighted by Gasteiger charge is -2.28. The highest BCUT2D eigenvalue weighted by molar-refractivity contribution is 5.92. The number of likely N-dealkylation sites (tertiary alicyclic amines) is 1. The van der Waals surface area contributed by atoms with Crippen molar-refractivity contribution in [1.29, 1.82) is 0 Å². The van der Waals surface area contributed by atoms with Crippen molar-refractivity contribution in [3.63, 3.8) is 0 Å². The molecule has 43 heavy (non-hydrogen) atoms. The second-order valence-corrected chi connectivity index (χ2v) is 11.7. The van der Waals surface area contributed by atoms with Gasteiger partial charge in [0, 0.05) is 25.2 Å². The molecule has 0 spiro atoms. The number of rotatable bonds is 10. The average Bonchev–Trinajstić information content (AvgIpc) is 2.97. The number of carbonyl (C=O) groups is 2. The number of hydrogen-bond acceptors (Lipinski definition) is 6. The molecule has 4 rings (SSSR count). The summed E-state index contributed by atoms with van der Waals surface area (Å²) in [5, 5.41) is 5.76. The van der Waals surface area contributed by atoms with Gasteiger partial charge < -0.3 is 24.4 Å². The van der Waals surface area contributed by atoms with Crippen LogP contribution in [0.25, 0.3) is 17.2 Å². The predicted octanol–water partition coefficient (Wildman–Crippen LogP) is 7.16. The Balaban J connectivity index is 1.31. The van der Waals surface area contributed by atoms with Crippen LogP contribution >= 0.6 is 0 Å². The van der Waals surface area contributed by atoms with Crippen LogP contribution < -0.4 is 15.4 Å². The van der Waals surface area contributed by atoms with Crippen LogP contribution in [0.3, 0.4) is 0 Å². The van der Waals surface area contributed by atoms with Crippen molar-refractivity contribution in [1.82, 2.24) is 10.2 Å². The normalized spacial score (nSPS) is 14.3. The van der Waals surface area contributed by atoms with Gasteiger partial charge in [0.2, 0.25) is 0 Å². The van der Waals surface area contributed by atoms with Crippen molar-refractivity contribution in [2.24, 2.45) is 0 Å². The summed E-state index contributed by atoms with van der Waals surface area (Å²) in [6, 6.07) is 23.8. The number of hydrogen-bond donors (Lipinski definition) is 2. The number of piperidine rings is 1. The van der Waals surface area contributed by atoms with Gasteiger partial charge in [-0.25, -0.2) is 9.59 Å². The lowest BCUT2D eigenvalue weighted by molar-refractivity contribution is 0.0528. The van der Waals surface area contributed by atoms with E-state index in [1.54, 1.807) is 0 Å². The van der Waals surface area contributed by atoms with Crippen molar-refractivity contribution in [3.05, 3.63) is 90.0 Å². The molecule has 0 atom stereocenters. The molecule has 1 saturated heterocycles. The van der Waals surface area contributed by atoms with Crippen molar-refractivity contribution in [3.8, 4) is 16.9 Å². The molecule has 0 unspecified atom stereocenters. The summed E-state index contributed by atoms with van der Waals surface area (Å²) >= 11 is 0. The molecule has 3 aromatic carbocycles. The molecule has 0 saturated carbocycles. The summed E-state index contributed by atoms with van der Waals surface area (Å²) in [4.78, 5) is 26.9. The highest BCUT2D eigenvalue weighted by atomic mass is 16.6. The number of amides is 2. The van der Waals surface area contributed by atoms with Crippen LogP contribution in [0.1, 0.15) is 44.7 Å². The predicted molar refractivity (Wildman–Crippen MR) is 171 cm³/mol. The van der Waals surface area contributed by atoms with Crippen LogP contribution in [0.4, 0.5) is 15.3 Å². The van der Waals surface area contributed by atoms with Gasteiger partial charge in [-0.05, 0) is 88.0 Å². The molecule has 228 valence electrons. The standard InChI is InChI=1S/C35H43N3O5/c1-35(2,3)43-33(39)36-21-18-26-12-15-29(16-13-26)41-24-8-9-27-14-17-31(28-10-6-5-7-11-28)32(25-27)37-34(40)42-30-19-22-38(4)23-20-30/h5-17,25,30H,18-24H2,1-4H3,(H,36,39)(H,37,40). The minimum atomic E-state index is -0.512. The summed E-state index contributed by atoms with van der Waals surface area (Å²) in [7, 11) is 2.08. The summed E-state index contributed by atoms with van der Waals surface area (Å²) in [5.74, 6) is 0.756. The van der Waals surface area contributed by atoms with E-state index in [0.29, 0.717) is 25.3 Å². The minimum absolute atomic E-state index is 0.0698. The minimum Gasteiger partial charge on any atom is -0.490 e. The number of ether oxygens (including phenoxy) is 3. The molecule has 1 aliphatic rings. The van der Waals surface area contributed by atoms with Gasteiger partial charge >= 0.3 is 12.2 Å². The van der Waals surface area contributed by atoms with Gasteiger partial charge in [-0.15, -0.1) is 0 Å². The fourth-order valence-corrected chi connectivity index (χ4v) is 4.74. The van der Waals surface area contributed by atoms with Crippen molar-refractivity contribution >= 4 is 23.9 Å². The maximum absolute atomic E-state index is 12.8. The zero-order valence-electron chi connectivity index (χ0n) is 25.6. The lowest BCUT2D eigenvalue weighted by Crippen LogP contribution is -2.36. The molecule has 0 radical (unpaired) electrons. The highest BCUT2D eigenvalue weighted by Gasteiger charge is 2.21. The smallest absolute Gasteiger partial charge is 0.411 e. The highest BCUT2D eigenvalue weighted by Crippen LogP contribution is 2.30. The fourth-order valence-electron chi connectivity index (χ4n) is 4.74. The topological polar surface area (TPSA) is 89.1 Å². The Morgan fingerprint density at radius 3 is 2.37 bits per heavy atom. The molecule has 3 aromatic rings. The Kier molecular flexibility index (Phi) is 11.2. The van der Waals surface area contributed by atoms with Crippen LogP contribution in [0.5, 0.6) is 5.75 Å². The van der Waals surface area contributed by atoms with E-state index in [0.717, 1.165) is 53.9 Å². The van der Waals surface area contributed by atoms with Gasteiger partial charge in [0.15, 0.2) is 0 Å². The summed E-state index contributed by atoms with van der Waals surface area (Å²) in [6.07, 6.45) is 5.37. The van der Waals surface area contributed by atoms with Gasteiger partial charge in [0.25, 0.3) is 0 Å². The molecule has 0 bridgehead atoms. The molecular weight excluding hydrogens is 542 g/mol. The van der Waals surface area contributed by atoms with E-state index in [9.17, 15) is 9.59 Å². The Hall–Kier alpha value is -4.30. The summed E-state index contributed by atoms with van der Waals surface area (Å²) < 4.78 is 16.9. The summed E-state index contributed by atoms with van der Waals surface area (Å²) in [5.41, 5.74) is 4.15. The van der Waals surface area contributed by atoms with E-state index >= 15 is 0 Å². The molecule has 1 fully saturated rings. The van der Waals surface area contributed by atoms with Gasteiger partial charge in [-0.1, -0.05) is 60.7 Å². The molecule has 8 nitrogen and oxygen atoms in total. The van der Waals surface area contributed by atoms with Crippen molar-refractivity contribution in [2.45, 2.75) is 51.7 Å². The first kappa shape index (κ1) is 31.6. The third-order valence-electron chi connectivity index (χ3n) is 6.97. The first-order valence-corrected chi connectivity index (χ1v) is 14.9. The zero-order valence-corrected chi connectivity index (χ0v) is 25.6. The number of benzene rings is 3. The molecule has 0 aromatic heterocycles. The van der Waals surface area contributed by atoms with Crippen molar-refractivity contribution in [2.75, 3.05) is 38.6 Å². The van der Waals surface area contributed by atoms with Gasteiger partial charge in [-0.3, -0.25) is 5.32 Å². The zero-order chi connectivity index (χ0) is 30.7. The number of nitrogens with one attached hydrogen (secondary N) is 2. The van der Waals surface area contributed by atoms with Gasteiger partial charge in [0.05, 0.1) is 5.69 Å². The maximum atomic E-state index is 12.8. The van der Waals surface area contributed by atoms with Gasteiger partial charge in [0.1, 0.15) is 24.1 Å². The Morgan fingerprint density at radius 2 is 1.67 bits per heavy atom. The molecule has 1 aliphatic heterocycles. The largest absolute Gasteiger partial charge is 0.490 e.